The summed E-state index contributed by atoms with van der Waals surface area (Å²) >= 11 is 3.59. The van der Waals surface area contributed by atoms with Crippen LogP contribution in [0.25, 0.3) is 22.0 Å². The van der Waals surface area contributed by atoms with Crippen molar-refractivity contribution in [3.05, 3.63) is 63.8 Å². The van der Waals surface area contributed by atoms with Crippen molar-refractivity contribution >= 4 is 26.7 Å². The number of aryl methyl sites for hydroxylation is 3. The Kier molecular flexibility index (Phi) is 3.35. The zero-order valence-electron chi connectivity index (χ0n) is 11.9. The highest BCUT2D eigenvalue weighted by atomic mass is 79.9. The zero-order valence-corrected chi connectivity index (χ0v) is 13.5. The molecule has 3 aromatic rings. The fraction of sp³-hybridized carbons (Fsp3) is 0.167. The lowest BCUT2D eigenvalue weighted by atomic mass is 9.94. The predicted octanol–water partition coefficient (Wildman–Crippen LogP) is 5.59. The quantitative estimate of drug-likeness (QED) is 0.568. The molecule has 0 aliphatic carbocycles. The minimum Gasteiger partial charge on any atom is -0.254 e. The van der Waals surface area contributed by atoms with E-state index < -0.39 is 0 Å². The van der Waals surface area contributed by atoms with Crippen LogP contribution in [0.3, 0.4) is 0 Å². The second kappa shape index (κ2) is 5.02. The number of aromatic nitrogens is 1. The van der Waals surface area contributed by atoms with Crippen LogP contribution < -0.4 is 0 Å². The topological polar surface area (TPSA) is 12.9 Å². The van der Waals surface area contributed by atoms with Gasteiger partial charge in [-0.05, 0) is 53.2 Å². The average molecular weight is 326 g/mol. The van der Waals surface area contributed by atoms with Gasteiger partial charge in [-0.2, -0.15) is 0 Å². The van der Waals surface area contributed by atoms with Gasteiger partial charge in [-0.15, -0.1) is 0 Å². The van der Waals surface area contributed by atoms with Crippen LogP contribution in [-0.4, -0.2) is 4.98 Å². The third kappa shape index (κ3) is 2.14. The molecule has 0 aliphatic rings. The van der Waals surface area contributed by atoms with Gasteiger partial charge in [0, 0.05) is 21.6 Å². The van der Waals surface area contributed by atoms with Crippen molar-refractivity contribution < 1.29 is 0 Å². The molecule has 0 saturated heterocycles. The summed E-state index contributed by atoms with van der Waals surface area (Å²) in [5, 5.41) is 2.40. The van der Waals surface area contributed by atoms with Gasteiger partial charge < -0.3 is 0 Å². The van der Waals surface area contributed by atoms with E-state index >= 15 is 0 Å². The van der Waals surface area contributed by atoms with Gasteiger partial charge in [0.05, 0.1) is 5.69 Å². The molecule has 0 saturated carbocycles. The van der Waals surface area contributed by atoms with Gasteiger partial charge in [0.25, 0.3) is 0 Å². The molecular formula is C18H16BrN. The van der Waals surface area contributed by atoms with E-state index in [1.54, 1.807) is 0 Å². The van der Waals surface area contributed by atoms with Crippen LogP contribution in [-0.2, 0) is 0 Å². The number of halogens is 1. The summed E-state index contributed by atoms with van der Waals surface area (Å²) in [6, 6.07) is 12.8. The fourth-order valence-electron chi connectivity index (χ4n) is 2.91. The Morgan fingerprint density at radius 2 is 1.50 bits per heavy atom. The summed E-state index contributed by atoms with van der Waals surface area (Å²) in [6.07, 6.45) is 1.90. The average Bonchev–Trinajstić information content (AvgIpc) is 2.40. The number of nitrogens with zero attached hydrogens (tertiary/aromatic N) is 1. The number of hydrogen-bond acceptors (Lipinski definition) is 1. The van der Waals surface area contributed by atoms with E-state index in [2.05, 4.69) is 78.1 Å². The lowest BCUT2D eigenvalue weighted by Gasteiger charge is -2.13. The molecule has 1 heterocycles. The molecule has 1 aromatic heterocycles. The van der Waals surface area contributed by atoms with E-state index in [0.717, 1.165) is 10.2 Å². The summed E-state index contributed by atoms with van der Waals surface area (Å²) in [7, 11) is 0. The highest BCUT2D eigenvalue weighted by Gasteiger charge is 2.12. The third-order valence-corrected chi connectivity index (χ3v) is 4.29. The lowest BCUT2D eigenvalue weighted by molar-refractivity contribution is 1.27. The molecular weight excluding hydrogens is 310 g/mol. The summed E-state index contributed by atoms with van der Waals surface area (Å²) in [4.78, 5) is 4.68. The van der Waals surface area contributed by atoms with E-state index in [1.807, 2.05) is 6.20 Å². The van der Waals surface area contributed by atoms with Gasteiger partial charge in [-0.3, -0.25) is 4.98 Å². The van der Waals surface area contributed by atoms with Crippen LogP contribution in [0.4, 0.5) is 0 Å². The summed E-state index contributed by atoms with van der Waals surface area (Å²) < 4.78 is 1.04. The van der Waals surface area contributed by atoms with Gasteiger partial charge >= 0.3 is 0 Å². The van der Waals surface area contributed by atoms with Crippen LogP contribution in [0.1, 0.15) is 16.7 Å². The highest BCUT2D eigenvalue weighted by molar-refractivity contribution is 9.10. The Morgan fingerprint density at radius 3 is 2.15 bits per heavy atom. The molecule has 0 bridgehead atoms. The molecule has 0 atom stereocenters. The molecule has 0 spiro atoms. The molecule has 0 fully saturated rings. The number of benzene rings is 2. The minimum absolute atomic E-state index is 1.04. The molecule has 100 valence electrons. The molecule has 1 nitrogen and oxygen atoms in total. The summed E-state index contributed by atoms with van der Waals surface area (Å²) in [5.74, 6) is 0. The van der Waals surface area contributed by atoms with Gasteiger partial charge in [0.15, 0.2) is 0 Å². The summed E-state index contributed by atoms with van der Waals surface area (Å²) in [5.41, 5.74) is 6.17. The lowest BCUT2D eigenvalue weighted by Crippen LogP contribution is -1.94. The van der Waals surface area contributed by atoms with Crippen molar-refractivity contribution in [1.29, 1.82) is 0 Å². The van der Waals surface area contributed by atoms with Crippen molar-refractivity contribution in [1.82, 2.24) is 4.98 Å². The van der Waals surface area contributed by atoms with E-state index in [9.17, 15) is 0 Å². The molecule has 0 amide bonds. The zero-order chi connectivity index (χ0) is 14.3. The van der Waals surface area contributed by atoms with E-state index in [0.29, 0.717) is 0 Å². The van der Waals surface area contributed by atoms with Crippen LogP contribution >= 0.6 is 15.9 Å². The largest absolute Gasteiger partial charge is 0.254 e. The van der Waals surface area contributed by atoms with Crippen molar-refractivity contribution in [3.63, 3.8) is 0 Å². The third-order valence-electron chi connectivity index (χ3n) is 3.66. The monoisotopic (exact) mass is 325 g/mol. The number of hydrogen-bond donors (Lipinski definition) is 0. The Hall–Kier alpha value is -1.67. The number of pyridine rings is 1. The first-order chi connectivity index (χ1) is 9.58. The van der Waals surface area contributed by atoms with Crippen LogP contribution in [0, 0.1) is 20.8 Å². The molecule has 0 unspecified atom stereocenters. The molecule has 2 aromatic carbocycles. The van der Waals surface area contributed by atoms with Crippen LogP contribution in [0.2, 0.25) is 0 Å². The molecule has 0 N–H and O–H groups in total. The molecule has 0 radical (unpaired) electrons. The first kappa shape index (κ1) is 13.3. The first-order valence-corrected chi connectivity index (χ1v) is 7.48. The van der Waals surface area contributed by atoms with Gasteiger partial charge in [0.1, 0.15) is 0 Å². The van der Waals surface area contributed by atoms with Gasteiger partial charge in [-0.1, -0.05) is 42.0 Å². The van der Waals surface area contributed by atoms with Crippen molar-refractivity contribution in [2.45, 2.75) is 20.8 Å². The Morgan fingerprint density at radius 1 is 0.900 bits per heavy atom. The second-order valence-corrected chi connectivity index (χ2v) is 6.13. The summed E-state index contributed by atoms with van der Waals surface area (Å²) in [6.45, 7) is 6.46. The standard InChI is InChI=1S/C18H16BrN/c1-11-8-12(2)17(13(3)9-11)18-15-7-5-4-6-14(15)16(19)10-20-18/h4-10H,1-3H3. The Labute approximate surface area is 127 Å². The van der Waals surface area contributed by atoms with Gasteiger partial charge in [0.2, 0.25) is 0 Å². The molecule has 20 heavy (non-hydrogen) atoms. The molecule has 0 aliphatic heterocycles. The number of fused-ring (bicyclic) bond motifs is 1. The van der Waals surface area contributed by atoms with Crippen molar-refractivity contribution in [3.8, 4) is 11.3 Å². The van der Waals surface area contributed by atoms with E-state index in [4.69, 9.17) is 0 Å². The fourth-order valence-corrected chi connectivity index (χ4v) is 3.36. The maximum absolute atomic E-state index is 4.68. The Bertz CT molecular complexity index is 783. The van der Waals surface area contributed by atoms with Crippen LogP contribution in [0.5, 0.6) is 0 Å². The van der Waals surface area contributed by atoms with E-state index in [-0.39, 0.29) is 0 Å². The number of rotatable bonds is 1. The van der Waals surface area contributed by atoms with Crippen LogP contribution in [0.15, 0.2) is 47.1 Å². The van der Waals surface area contributed by atoms with Crippen molar-refractivity contribution in [2.24, 2.45) is 0 Å². The minimum atomic E-state index is 1.04. The SMILES string of the molecule is Cc1cc(C)c(-c2ncc(Br)c3ccccc23)c(C)c1. The highest BCUT2D eigenvalue weighted by Crippen LogP contribution is 2.34. The maximum Gasteiger partial charge on any atom is 0.0786 e. The normalized spacial score (nSPS) is 11.0. The molecule has 3 rings (SSSR count). The Balaban J connectivity index is 2.39. The van der Waals surface area contributed by atoms with Gasteiger partial charge in [-0.25, -0.2) is 0 Å². The smallest absolute Gasteiger partial charge is 0.0786 e. The maximum atomic E-state index is 4.68. The molecule has 2 heteroatoms. The second-order valence-electron chi connectivity index (χ2n) is 5.27. The van der Waals surface area contributed by atoms with Crippen molar-refractivity contribution in [2.75, 3.05) is 0 Å². The predicted molar refractivity (Wildman–Crippen MR) is 89.1 cm³/mol. The van der Waals surface area contributed by atoms with E-state index in [1.165, 1.54) is 33.0 Å². The first-order valence-electron chi connectivity index (χ1n) is 6.69.